The number of fused-ring (bicyclic) bond motifs is 1. The first-order valence-electron chi connectivity index (χ1n) is 5.50. The average Bonchev–Trinajstić information content (AvgIpc) is 2.87. The molecule has 1 atom stereocenters. The lowest BCUT2D eigenvalue weighted by atomic mass is 10.2. The van der Waals surface area contributed by atoms with Crippen LogP contribution in [0.4, 0.5) is 15.9 Å². The van der Waals surface area contributed by atoms with E-state index in [4.69, 9.17) is 16.0 Å². The normalized spacial score (nSPS) is 20.4. The van der Waals surface area contributed by atoms with Crippen molar-refractivity contribution in [1.82, 2.24) is 5.16 Å². The van der Waals surface area contributed by atoms with E-state index in [2.05, 4.69) is 10.1 Å². The number of aromatic nitrogens is 1. The number of nitrogens with two attached hydrogens (primary N) is 2. The Morgan fingerprint density at radius 3 is 3.00 bits per heavy atom. The number of nitrogen functional groups attached to an aromatic ring is 1. The second-order valence-corrected chi connectivity index (χ2v) is 4.33. The zero-order chi connectivity index (χ0) is 12.0. The molecule has 1 unspecified atom stereocenters. The first-order chi connectivity index (χ1) is 8.16. The van der Waals surface area contributed by atoms with Gasteiger partial charge in [0, 0.05) is 19.1 Å². The van der Waals surface area contributed by atoms with E-state index < -0.39 is 5.82 Å². The fourth-order valence-electron chi connectivity index (χ4n) is 2.27. The van der Waals surface area contributed by atoms with Gasteiger partial charge in [0.05, 0.1) is 5.69 Å². The zero-order valence-electron chi connectivity index (χ0n) is 9.19. The number of rotatable bonds is 1. The zero-order valence-corrected chi connectivity index (χ0v) is 9.19. The summed E-state index contributed by atoms with van der Waals surface area (Å²) in [6.07, 6.45) is 0.919. The summed E-state index contributed by atoms with van der Waals surface area (Å²) in [5, 5.41) is 3.87. The van der Waals surface area contributed by atoms with Crippen LogP contribution >= 0.6 is 0 Å². The van der Waals surface area contributed by atoms with E-state index in [1.165, 1.54) is 6.07 Å². The summed E-state index contributed by atoms with van der Waals surface area (Å²) in [4.78, 5) is 2.07. The molecule has 0 aliphatic carbocycles. The van der Waals surface area contributed by atoms with Crippen LogP contribution in [0.1, 0.15) is 6.42 Å². The molecule has 1 fully saturated rings. The Labute approximate surface area is 97.1 Å². The Morgan fingerprint density at radius 1 is 1.47 bits per heavy atom. The van der Waals surface area contributed by atoms with Crippen molar-refractivity contribution >= 4 is 22.5 Å². The van der Waals surface area contributed by atoms with Gasteiger partial charge in [0.25, 0.3) is 0 Å². The van der Waals surface area contributed by atoms with Gasteiger partial charge >= 0.3 is 0 Å². The summed E-state index contributed by atoms with van der Waals surface area (Å²) >= 11 is 0. The number of hydrogen-bond donors (Lipinski definition) is 2. The third kappa shape index (κ3) is 1.52. The largest absolute Gasteiger partial charge is 0.380 e. The van der Waals surface area contributed by atoms with Crippen molar-refractivity contribution in [2.45, 2.75) is 12.5 Å². The highest BCUT2D eigenvalue weighted by Gasteiger charge is 2.24. The predicted molar refractivity (Wildman–Crippen MR) is 63.2 cm³/mol. The van der Waals surface area contributed by atoms with Crippen molar-refractivity contribution < 1.29 is 8.91 Å². The van der Waals surface area contributed by atoms with Crippen LogP contribution in [-0.2, 0) is 0 Å². The Hall–Kier alpha value is -1.82. The molecule has 1 saturated heterocycles. The van der Waals surface area contributed by atoms with E-state index >= 15 is 0 Å². The monoisotopic (exact) mass is 236 g/mol. The predicted octanol–water partition coefficient (Wildman–Crippen LogP) is 1.09. The van der Waals surface area contributed by atoms with Crippen LogP contribution in [-0.4, -0.2) is 24.3 Å². The third-order valence-electron chi connectivity index (χ3n) is 3.14. The molecule has 0 radical (unpaired) electrons. The van der Waals surface area contributed by atoms with Gasteiger partial charge in [-0.3, -0.25) is 0 Å². The van der Waals surface area contributed by atoms with Crippen molar-refractivity contribution in [2.24, 2.45) is 5.73 Å². The van der Waals surface area contributed by atoms with Crippen LogP contribution in [0.5, 0.6) is 0 Å². The van der Waals surface area contributed by atoms with E-state index in [0.717, 1.165) is 25.2 Å². The van der Waals surface area contributed by atoms with E-state index in [1.54, 1.807) is 6.07 Å². The summed E-state index contributed by atoms with van der Waals surface area (Å²) in [5.74, 6) is -0.325. The molecule has 4 N–H and O–H groups in total. The van der Waals surface area contributed by atoms with E-state index in [0.29, 0.717) is 5.58 Å². The van der Waals surface area contributed by atoms with Crippen LogP contribution in [0.2, 0.25) is 0 Å². The molecule has 6 heteroatoms. The van der Waals surface area contributed by atoms with Crippen LogP contribution in [0.25, 0.3) is 11.0 Å². The Kier molecular flexibility index (Phi) is 2.19. The molecule has 2 aromatic rings. The molecule has 1 aliphatic heterocycles. The number of nitrogens with zero attached hydrogens (tertiary/aromatic N) is 2. The minimum atomic E-state index is -0.411. The SMILES string of the molecule is Nc1noc2c(N3CCC(N)C3)ccc(F)c12. The van der Waals surface area contributed by atoms with Crippen LogP contribution in [0, 0.1) is 5.82 Å². The highest BCUT2D eigenvalue weighted by molar-refractivity contribution is 5.96. The first kappa shape index (κ1) is 10.3. The van der Waals surface area contributed by atoms with Gasteiger partial charge < -0.3 is 20.9 Å². The standard InChI is InChI=1S/C11H13FN4O/c12-7-1-2-8(16-4-3-6(13)5-16)10-9(7)11(14)15-17-10/h1-2,6H,3-5,13H2,(H2,14,15). The van der Waals surface area contributed by atoms with Gasteiger partial charge in [-0.15, -0.1) is 0 Å². The van der Waals surface area contributed by atoms with Crippen LogP contribution in [0.3, 0.4) is 0 Å². The maximum Gasteiger partial charge on any atom is 0.195 e. The summed E-state index contributed by atoms with van der Waals surface area (Å²) in [7, 11) is 0. The molecule has 0 amide bonds. The first-order valence-corrected chi connectivity index (χ1v) is 5.50. The average molecular weight is 236 g/mol. The second-order valence-electron chi connectivity index (χ2n) is 4.33. The Bertz CT molecular complexity index is 568. The van der Waals surface area contributed by atoms with Gasteiger partial charge in [0.2, 0.25) is 0 Å². The molecular weight excluding hydrogens is 223 g/mol. The highest BCUT2D eigenvalue weighted by Crippen LogP contribution is 2.33. The van der Waals surface area contributed by atoms with Gasteiger partial charge in [0.15, 0.2) is 11.4 Å². The third-order valence-corrected chi connectivity index (χ3v) is 3.14. The van der Waals surface area contributed by atoms with E-state index in [-0.39, 0.29) is 17.2 Å². The minimum absolute atomic E-state index is 0.0860. The molecule has 2 heterocycles. The smallest absolute Gasteiger partial charge is 0.195 e. The fraction of sp³-hybridized carbons (Fsp3) is 0.364. The van der Waals surface area contributed by atoms with Gasteiger partial charge in [-0.25, -0.2) is 4.39 Å². The Morgan fingerprint density at radius 2 is 2.29 bits per heavy atom. The van der Waals surface area contributed by atoms with E-state index in [1.807, 2.05) is 0 Å². The summed E-state index contributed by atoms with van der Waals surface area (Å²) in [5.41, 5.74) is 12.6. The molecular formula is C11H13FN4O. The highest BCUT2D eigenvalue weighted by atomic mass is 19.1. The molecule has 1 aliphatic rings. The number of benzene rings is 1. The molecule has 1 aromatic carbocycles. The molecule has 0 spiro atoms. The molecule has 3 rings (SSSR count). The van der Waals surface area contributed by atoms with Crippen molar-refractivity contribution in [3.63, 3.8) is 0 Å². The Balaban J connectivity index is 2.14. The van der Waals surface area contributed by atoms with Gasteiger partial charge in [0.1, 0.15) is 11.2 Å². The van der Waals surface area contributed by atoms with E-state index in [9.17, 15) is 4.39 Å². The maximum atomic E-state index is 13.6. The molecule has 0 saturated carbocycles. The number of halogens is 1. The topological polar surface area (TPSA) is 81.3 Å². The molecule has 5 nitrogen and oxygen atoms in total. The number of hydrogen-bond acceptors (Lipinski definition) is 5. The van der Waals surface area contributed by atoms with Crippen molar-refractivity contribution in [2.75, 3.05) is 23.7 Å². The number of anilines is 2. The summed E-state index contributed by atoms with van der Waals surface area (Å²) < 4.78 is 18.7. The van der Waals surface area contributed by atoms with Crippen LogP contribution < -0.4 is 16.4 Å². The summed E-state index contributed by atoms with van der Waals surface area (Å²) in [6, 6.07) is 3.21. The lowest BCUT2D eigenvalue weighted by Gasteiger charge is -2.17. The van der Waals surface area contributed by atoms with Crippen LogP contribution in [0.15, 0.2) is 16.7 Å². The van der Waals surface area contributed by atoms with Crippen molar-refractivity contribution in [3.8, 4) is 0 Å². The fourth-order valence-corrected chi connectivity index (χ4v) is 2.27. The second kappa shape index (κ2) is 3.59. The van der Waals surface area contributed by atoms with Crippen molar-refractivity contribution in [1.29, 1.82) is 0 Å². The van der Waals surface area contributed by atoms with Gasteiger partial charge in [-0.2, -0.15) is 0 Å². The lowest BCUT2D eigenvalue weighted by Crippen LogP contribution is -2.26. The quantitative estimate of drug-likeness (QED) is 0.774. The minimum Gasteiger partial charge on any atom is -0.380 e. The molecule has 1 aromatic heterocycles. The lowest BCUT2D eigenvalue weighted by molar-refractivity contribution is 0.460. The van der Waals surface area contributed by atoms with Gasteiger partial charge in [-0.1, -0.05) is 5.16 Å². The van der Waals surface area contributed by atoms with Crippen molar-refractivity contribution in [3.05, 3.63) is 17.9 Å². The molecule has 90 valence electrons. The molecule has 17 heavy (non-hydrogen) atoms. The summed E-state index contributed by atoms with van der Waals surface area (Å²) in [6.45, 7) is 1.57. The molecule has 0 bridgehead atoms. The maximum absolute atomic E-state index is 13.6. The van der Waals surface area contributed by atoms with Gasteiger partial charge in [-0.05, 0) is 18.6 Å².